The Morgan fingerprint density at radius 1 is 0.925 bits per heavy atom. The van der Waals surface area contributed by atoms with Crippen molar-refractivity contribution in [2.24, 2.45) is 0 Å². The number of carbonyl (C=O) groups excluding carboxylic acids is 2. The average molecular weight is 609 g/mol. The summed E-state index contributed by atoms with van der Waals surface area (Å²) in [5.41, 5.74) is 0.591. The lowest BCUT2D eigenvalue weighted by Crippen LogP contribution is -2.53. The van der Waals surface area contributed by atoms with Crippen LogP contribution >= 0.6 is 23.2 Å². The van der Waals surface area contributed by atoms with E-state index in [9.17, 15) is 22.4 Å². The summed E-state index contributed by atoms with van der Waals surface area (Å²) in [6, 6.07) is 16.6. The molecule has 0 aliphatic carbocycles. The van der Waals surface area contributed by atoms with Gasteiger partial charge in [0.2, 0.25) is 11.8 Å². The first kappa shape index (κ1) is 31.4. The minimum Gasteiger partial charge on any atom is -0.352 e. The van der Waals surface area contributed by atoms with Crippen LogP contribution in [0.5, 0.6) is 0 Å². The molecule has 3 rings (SSSR count). The highest BCUT2D eigenvalue weighted by atomic mass is 35.5. The Morgan fingerprint density at radius 3 is 2.17 bits per heavy atom. The van der Waals surface area contributed by atoms with Crippen molar-refractivity contribution in [2.45, 2.75) is 57.1 Å². The van der Waals surface area contributed by atoms with Gasteiger partial charge in [-0.2, -0.15) is 0 Å². The molecule has 2 atom stereocenters. The molecule has 2 amide bonds. The van der Waals surface area contributed by atoms with Gasteiger partial charge in [0.15, 0.2) is 0 Å². The van der Waals surface area contributed by atoms with Gasteiger partial charge >= 0.3 is 0 Å². The Labute approximate surface area is 244 Å². The van der Waals surface area contributed by atoms with Crippen molar-refractivity contribution in [2.75, 3.05) is 10.8 Å². The molecule has 0 heterocycles. The van der Waals surface area contributed by atoms with Crippen LogP contribution in [0.15, 0.2) is 77.7 Å². The predicted octanol–water partition coefficient (Wildman–Crippen LogP) is 6.05. The van der Waals surface area contributed by atoms with Gasteiger partial charge in [-0.25, -0.2) is 12.8 Å². The zero-order valence-corrected chi connectivity index (χ0v) is 24.8. The van der Waals surface area contributed by atoms with Crippen molar-refractivity contribution in [3.05, 3.63) is 94.2 Å². The third-order valence-corrected chi connectivity index (χ3v) is 9.05. The lowest BCUT2D eigenvalue weighted by Gasteiger charge is -2.34. The smallest absolute Gasteiger partial charge is 0.264 e. The molecule has 0 aromatic heterocycles. The molecule has 40 heavy (non-hydrogen) atoms. The fourth-order valence-corrected chi connectivity index (χ4v) is 5.96. The van der Waals surface area contributed by atoms with E-state index < -0.39 is 34.3 Å². The number of anilines is 1. The van der Waals surface area contributed by atoms with Gasteiger partial charge in [0.05, 0.1) is 20.6 Å². The van der Waals surface area contributed by atoms with E-state index in [1.165, 1.54) is 59.5 Å². The van der Waals surface area contributed by atoms with Crippen molar-refractivity contribution < 1.29 is 22.4 Å². The van der Waals surface area contributed by atoms with Crippen LogP contribution in [0.3, 0.4) is 0 Å². The van der Waals surface area contributed by atoms with Crippen LogP contribution in [0.25, 0.3) is 0 Å². The molecule has 11 heteroatoms. The number of nitrogens with one attached hydrogen (secondary N) is 1. The van der Waals surface area contributed by atoms with E-state index in [1.54, 1.807) is 25.1 Å². The maximum absolute atomic E-state index is 14.0. The van der Waals surface area contributed by atoms with Gasteiger partial charge in [0.1, 0.15) is 18.4 Å². The van der Waals surface area contributed by atoms with Crippen LogP contribution in [0.4, 0.5) is 10.1 Å². The fourth-order valence-electron chi connectivity index (χ4n) is 4.07. The SMILES string of the molecule is CC[C@@H](C)NC(=O)[C@@H](CC)N(Cc1ccc(F)cc1)C(=O)CN(c1cccc(Cl)c1Cl)S(=O)(=O)c1ccccc1. The average Bonchev–Trinajstić information content (AvgIpc) is 2.94. The molecule has 214 valence electrons. The molecule has 0 bridgehead atoms. The number of hydrogen-bond acceptors (Lipinski definition) is 4. The monoisotopic (exact) mass is 607 g/mol. The van der Waals surface area contributed by atoms with Crippen LogP contribution in [-0.4, -0.2) is 43.8 Å². The van der Waals surface area contributed by atoms with E-state index in [0.29, 0.717) is 12.0 Å². The van der Waals surface area contributed by atoms with Crippen LogP contribution in [-0.2, 0) is 26.2 Å². The molecule has 0 fully saturated rings. The number of sulfonamides is 1. The first-order valence-corrected chi connectivity index (χ1v) is 15.0. The summed E-state index contributed by atoms with van der Waals surface area (Å²) < 4.78 is 42.2. The molecule has 0 aliphatic heterocycles. The summed E-state index contributed by atoms with van der Waals surface area (Å²) in [5, 5.41) is 2.98. The van der Waals surface area contributed by atoms with Gasteiger partial charge in [0.25, 0.3) is 10.0 Å². The van der Waals surface area contributed by atoms with E-state index >= 15 is 0 Å². The molecule has 0 saturated carbocycles. The van der Waals surface area contributed by atoms with Crippen molar-refractivity contribution in [3.63, 3.8) is 0 Å². The number of halogens is 3. The molecule has 3 aromatic carbocycles. The molecular weight excluding hydrogens is 576 g/mol. The molecular formula is C29H32Cl2FN3O4S. The quantitative estimate of drug-likeness (QED) is 0.271. The maximum atomic E-state index is 14.0. The number of hydrogen-bond donors (Lipinski definition) is 1. The first-order chi connectivity index (χ1) is 19.0. The molecule has 0 saturated heterocycles. The maximum Gasteiger partial charge on any atom is 0.264 e. The summed E-state index contributed by atoms with van der Waals surface area (Å²) in [5.74, 6) is -1.46. The Balaban J connectivity index is 2.08. The third-order valence-electron chi connectivity index (χ3n) is 6.46. The number of benzene rings is 3. The Bertz CT molecular complexity index is 1420. The Morgan fingerprint density at radius 2 is 1.57 bits per heavy atom. The van der Waals surface area contributed by atoms with Crippen LogP contribution < -0.4 is 9.62 Å². The van der Waals surface area contributed by atoms with Gasteiger partial charge in [-0.05, 0) is 61.7 Å². The molecule has 0 aliphatic rings. The minimum absolute atomic E-state index is 0.0187. The molecule has 3 aromatic rings. The molecule has 0 radical (unpaired) electrons. The summed E-state index contributed by atoms with van der Waals surface area (Å²) in [7, 11) is -4.28. The summed E-state index contributed by atoms with van der Waals surface area (Å²) in [6.07, 6.45) is 0.947. The number of nitrogens with zero attached hydrogens (tertiary/aromatic N) is 2. The topological polar surface area (TPSA) is 86.8 Å². The Hall–Kier alpha value is -3.14. The van der Waals surface area contributed by atoms with Gasteiger partial charge in [-0.15, -0.1) is 0 Å². The van der Waals surface area contributed by atoms with Crippen LogP contribution in [0, 0.1) is 5.82 Å². The predicted molar refractivity (Wildman–Crippen MR) is 156 cm³/mol. The Kier molecular flexibility index (Phi) is 11.0. The number of amides is 2. The third kappa shape index (κ3) is 7.53. The first-order valence-electron chi connectivity index (χ1n) is 12.9. The second-order valence-corrected chi connectivity index (χ2v) is 11.9. The van der Waals surface area contributed by atoms with Crippen molar-refractivity contribution in [3.8, 4) is 0 Å². The largest absolute Gasteiger partial charge is 0.352 e. The van der Waals surface area contributed by atoms with E-state index in [2.05, 4.69) is 5.32 Å². The van der Waals surface area contributed by atoms with E-state index in [0.717, 1.165) is 4.31 Å². The van der Waals surface area contributed by atoms with Gasteiger partial charge < -0.3 is 10.2 Å². The number of carbonyl (C=O) groups is 2. The summed E-state index contributed by atoms with van der Waals surface area (Å²) in [6.45, 7) is 4.83. The van der Waals surface area contributed by atoms with Crippen molar-refractivity contribution in [1.29, 1.82) is 0 Å². The molecule has 7 nitrogen and oxygen atoms in total. The lowest BCUT2D eigenvalue weighted by atomic mass is 10.1. The zero-order chi connectivity index (χ0) is 29.4. The van der Waals surface area contributed by atoms with E-state index in [1.807, 2.05) is 13.8 Å². The van der Waals surface area contributed by atoms with Gasteiger partial charge in [-0.1, -0.05) is 73.4 Å². The van der Waals surface area contributed by atoms with E-state index in [-0.39, 0.29) is 45.5 Å². The fraction of sp³-hybridized carbons (Fsp3) is 0.310. The highest BCUT2D eigenvalue weighted by molar-refractivity contribution is 7.92. The summed E-state index contributed by atoms with van der Waals surface area (Å²) in [4.78, 5) is 28.6. The highest BCUT2D eigenvalue weighted by Gasteiger charge is 2.34. The van der Waals surface area contributed by atoms with Crippen LogP contribution in [0.1, 0.15) is 39.2 Å². The summed E-state index contributed by atoms with van der Waals surface area (Å²) >= 11 is 12.7. The van der Waals surface area contributed by atoms with Crippen molar-refractivity contribution in [1.82, 2.24) is 10.2 Å². The highest BCUT2D eigenvalue weighted by Crippen LogP contribution is 2.35. The number of rotatable bonds is 12. The standard InChI is InChI=1S/C29H32Cl2FN3O4S/c1-4-20(3)33-29(37)25(5-2)34(18-21-14-16-22(32)17-15-21)27(36)19-35(26-13-9-12-24(30)28(26)31)40(38,39)23-10-7-6-8-11-23/h6-17,20,25H,4-5,18-19H2,1-3H3,(H,33,37)/t20-,25-/m1/s1. The normalized spacial score (nSPS) is 12.8. The van der Waals surface area contributed by atoms with Crippen molar-refractivity contribution >= 4 is 50.7 Å². The van der Waals surface area contributed by atoms with Gasteiger partial charge in [0, 0.05) is 12.6 Å². The molecule has 0 unspecified atom stereocenters. The van der Waals surface area contributed by atoms with E-state index in [4.69, 9.17) is 23.2 Å². The molecule has 1 N–H and O–H groups in total. The zero-order valence-electron chi connectivity index (χ0n) is 22.5. The second kappa shape index (κ2) is 14.0. The second-order valence-electron chi connectivity index (χ2n) is 9.29. The lowest BCUT2D eigenvalue weighted by molar-refractivity contribution is -0.140. The minimum atomic E-state index is -4.28. The molecule has 0 spiro atoms. The van der Waals surface area contributed by atoms with Gasteiger partial charge in [-0.3, -0.25) is 13.9 Å². The van der Waals surface area contributed by atoms with Crippen LogP contribution in [0.2, 0.25) is 10.0 Å².